The first-order valence-electron chi connectivity index (χ1n) is 21.4. The molecule has 0 bridgehead atoms. The van der Waals surface area contributed by atoms with Gasteiger partial charge in [-0.15, -0.1) is 0 Å². The summed E-state index contributed by atoms with van der Waals surface area (Å²) in [5.74, 6) is 2.43. The Kier molecular flexibility index (Phi) is 5.93. The first-order chi connectivity index (χ1) is 27.1. The number of benzene rings is 4. The minimum absolute atomic E-state index is 0.133. The zero-order valence-electron chi connectivity index (χ0n) is 33.7. The third-order valence-corrected chi connectivity index (χ3v) is 15.3. The number of rotatable bonds is 2. The zero-order valence-corrected chi connectivity index (χ0v) is 33.7. The molecule has 4 aromatic rings. The van der Waals surface area contributed by atoms with Crippen molar-refractivity contribution in [3.05, 3.63) is 169 Å². The van der Waals surface area contributed by atoms with E-state index in [1.54, 1.807) is 55.3 Å². The van der Waals surface area contributed by atoms with Crippen molar-refractivity contribution in [2.75, 3.05) is 0 Å². The fourth-order valence-corrected chi connectivity index (χ4v) is 13.1. The lowest BCUT2D eigenvalue weighted by atomic mass is 9.62. The van der Waals surface area contributed by atoms with Crippen molar-refractivity contribution in [3.8, 4) is 11.1 Å². The molecule has 0 fully saturated rings. The van der Waals surface area contributed by atoms with Crippen LogP contribution in [0.2, 0.25) is 0 Å². The predicted octanol–water partition coefficient (Wildman–Crippen LogP) is 12.7. The lowest BCUT2D eigenvalue weighted by Gasteiger charge is -2.41. The number of fused-ring (bicyclic) bond motifs is 12. The minimum atomic E-state index is 0.133. The lowest BCUT2D eigenvalue weighted by Crippen LogP contribution is -2.41. The maximum absolute atomic E-state index is 2.63. The van der Waals surface area contributed by atoms with Crippen LogP contribution in [0.4, 0.5) is 0 Å². The lowest BCUT2D eigenvalue weighted by molar-refractivity contribution is 0.590. The number of allylic oxidation sites excluding steroid dienone is 16. The van der Waals surface area contributed by atoms with Gasteiger partial charge in [0.15, 0.2) is 0 Å². The van der Waals surface area contributed by atoms with Crippen LogP contribution in [0.3, 0.4) is 0 Å². The second-order valence-corrected chi connectivity index (χ2v) is 19.7. The molecule has 13 rings (SSSR count). The van der Waals surface area contributed by atoms with Crippen LogP contribution < -0.4 is 10.4 Å². The standard InChI is InChI=1S/C56H48/c1-27(2)47-45-25-43-32-12-8-10-29-11-9-13-33(49(29)32)44(43)26-46(45)48(28(3)4)55-41-23-21-38-36-18-19-39-42-24-30(56(5,6)7)14-15-31(42)34-16-17-35(51(36)50(34)39)37-20-22-40(54(47)55)53(41)52(37)38/h8-17,20-29,49,52-53H,18-19H2,1-7H3. The maximum Gasteiger partial charge on any atom is 0.0212 e. The van der Waals surface area contributed by atoms with E-state index in [1.807, 2.05) is 0 Å². The molecule has 4 unspecified atom stereocenters. The molecular formula is C56H48. The van der Waals surface area contributed by atoms with E-state index in [9.17, 15) is 0 Å². The van der Waals surface area contributed by atoms with Gasteiger partial charge in [-0.3, -0.25) is 0 Å². The number of hydrogen-bond donors (Lipinski definition) is 0. The predicted molar refractivity (Wildman–Crippen MR) is 237 cm³/mol. The molecule has 56 heavy (non-hydrogen) atoms. The van der Waals surface area contributed by atoms with Gasteiger partial charge < -0.3 is 0 Å². The molecule has 0 spiro atoms. The summed E-state index contributed by atoms with van der Waals surface area (Å²) in [7, 11) is 0. The van der Waals surface area contributed by atoms with Crippen LogP contribution in [0.1, 0.15) is 123 Å². The summed E-state index contributed by atoms with van der Waals surface area (Å²) in [6.07, 6.45) is 26.7. The van der Waals surface area contributed by atoms with E-state index >= 15 is 0 Å². The fraction of sp³-hybridized carbons (Fsp3) is 0.286. The first kappa shape index (κ1) is 31.9. The summed E-state index contributed by atoms with van der Waals surface area (Å²) in [6, 6.07) is 17.5. The van der Waals surface area contributed by atoms with Crippen LogP contribution in [0, 0.1) is 23.7 Å². The van der Waals surface area contributed by atoms with Crippen LogP contribution in [0.25, 0.3) is 60.9 Å². The molecule has 4 aromatic carbocycles. The summed E-state index contributed by atoms with van der Waals surface area (Å²) >= 11 is 0. The molecule has 9 aliphatic carbocycles. The molecular weight excluding hydrogens is 673 g/mol. The summed E-state index contributed by atoms with van der Waals surface area (Å²) in [6.45, 7) is 16.8. The molecule has 0 N–H and O–H groups in total. The minimum Gasteiger partial charge on any atom is -0.0767 e. The van der Waals surface area contributed by atoms with Crippen molar-refractivity contribution in [1.82, 2.24) is 0 Å². The highest BCUT2D eigenvalue weighted by atomic mass is 14.5. The van der Waals surface area contributed by atoms with E-state index in [0.717, 1.165) is 12.8 Å². The Balaban J connectivity index is 1.08. The van der Waals surface area contributed by atoms with Gasteiger partial charge in [-0.05, 0) is 169 Å². The van der Waals surface area contributed by atoms with Crippen LogP contribution >= 0.6 is 0 Å². The molecule has 0 aliphatic heterocycles. The van der Waals surface area contributed by atoms with Gasteiger partial charge >= 0.3 is 0 Å². The smallest absolute Gasteiger partial charge is 0.0212 e. The summed E-state index contributed by atoms with van der Waals surface area (Å²) in [4.78, 5) is 0. The highest BCUT2D eigenvalue weighted by Gasteiger charge is 2.49. The van der Waals surface area contributed by atoms with Crippen molar-refractivity contribution in [2.24, 2.45) is 23.7 Å². The molecule has 0 nitrogen and oxygen atoms in total. The van der Waals surface area contributed by atoms with Gasteiger partial charge in [0.2, 0.25) is 0 Å². The van der Waals surface area contributed by atoms with Gasteiger partial charge in [0.25, 0.3) is 0 Å². The summed E-state index contributed by atoms with van der Waals surface area (Å²) in [5, 5.41) is 6.04. The Morgan fingerprint density at radius 3 is 1.62 bits per heavy atom. The Hall–Kier alpha value is -5.20. The maximum atomic E-state index is 2.63. The summed E-state index contributed by atoms with van der Waals surface area (Å²) in [5.41, 5.74) is 29.0. The average molecular weight is 721 g/mol. The molecule has 0 aromatic heterocycles. The van der Waals surface area contributed by atoms with E-state index in [0.29, 0.717) is 35.5 Å². The van der Waals surface area contributed by atoms with Gasteiger partial charge in [0.1, 0.15) is 0 Å². The van der Waals surface area contributed by atoms with Gasteiger partial charge in [-0.25, -0.2) is 0 Å². The molecule has 0 radical (unpaired) electrons. The molecule has 9 aliphatic rings. The highest BCUT2D eigenvalue weighted by molar-refractivity contribution is 6.13. The van der Waals surface area contributed by atoms with Gasteiger partial charge in [0, 0.05) is 23.7 Å². The molecule has 4 atom stereocenters. The van der Waals surface area contributed by atoms with Gasteiger partial charge in [-0.2, -0.15) is 0 Å². The summed E-state index contributed by atoms with van der Waals surface area (Å²) < 4.78 is 0. The van der Waals surface area contributed by atoms with E-state index in [1.165, 1.54) is 71.7 Å². The van der Waals surface area contributed by atoms with E-state index in [4.69, 9.17) is 0 Å². The third kappa shape index (κ3) is 3.69. The van der Waals surface area contributed by atoms with Crippen molar-refractivity contribution >= 4 is 49.8 Å². The quantitative estimate of drug-likeness (QED) is 0.193. The normalized spacial score (nSPS) is 24.6. The van der Waals surface area contributed by atoms with Crippen LogP contribution in [0.15, 0.2) is 109 Å². The van der Waals surface area contributed by atoms with Crippen molar-refractivity contribution in [2.45, 2.75) is 78.6 Å². The number of hydrogen-bond acceptors (Lipinski definition) is 0. The molecule has 0 saturated carbocycles. The van der Waals surface area contributed by atoms with Crippen LogP contribution in [0.5, 0.6) is 0 Å². The van der Waals surface area contributed by atoms with Crippen molar-refractivity contribution in [1.29, 1.82) is 0 Å². The molecule has 0 heterocycles. The second-order valence-electron chi connectivity index (χ2n) is 19.7. The van der Waals surface area contributed by atoms with Crippen molar-refractivity contribution < 1.29 is 0 Å². The third-order valence-electron chi connectivity index (χ3n) is 15.3. The zero-order chi connectivity index (χ0) is 37.7. The molecule has 272 valence electrons. The largest absolute Gasteiger partial charge is 0.0767 e. The topological polar surface area (TPSA) is 0 Å². The van der Waals surface area contributed by atoms with E-state index < -0.39 is 0 Å². The van der Waals surface area contributed by atoms with Crippen LogP contribution in [-0.4, -0.2) is 0 Å². The van der Waals surface area contributed by atoms with E-state index in [2.05, 4.69) is 152 Å². The van der Waals surface area contributed by atoms with Crippen molar-refractivity contribution in [3.63, 3.8) is 0 Å². The first-order valence-corrected chi connectivity index (χ1v) is 21.4. The second kappa shape index (κ2) is 10.4. The molecule has 0 saturated heterocycles. The average Bonchev–Trinajstić information content (AvgIpc) is 3.81. The Morgan fingerprint density at radius 1 is 0.482 bits per heavy atom. The van der Waals surface area contributed by atoms with Crippen LogP contribution in [-0.2, 0) is 5.41 Å². The Morgan fingerprint density at radius 2 is 1.00 bits per heavy atom. The van der Waals surface area contributed by atoms with E-state index in [-0.39, 0.29) is 5.41 Å². The van der Waals surface area contributed by atoms with Gasteiger partial charge in [-0.1, -0.05) is 140 Å². The fourth-order valence-electron chi connectivity index (χ4n) is 13.1. The highest BCUT2D eigenvalue weighted by Crippen LogP contribution is 2.64. The Bertz CT molecular complexity index is 3050. The molecule has 0 amide bonds. The molecule has 0 heteroatoms. The Labute approximate surface area is 331 Å². The SMILES string of the molecule is CC(C)c1c2c(c(C(C)C)c3cc4c(cc13)C1=CC=CC3C=CC=C4C13)C1=CC=C3c4ccc5c6c4=C(CCC=6c4cc(C(C)(C)C)ccc4-5)C4=CC=C2C1C43. The van der Waals surface area contributed by atoms with Gasteiger partial charge in [0.05, 0.1) is 0 Å². The monoisotopic (exact) mass is 720 g/mol.